The lowest BCUT2D eigenvalue weighted by molar-refractivity contribution is 0.0637. The van der Waals surface area contributed by atoms with Crippen LogP contribution in [0.5, 0.6) is 11.5 Å². The third kappa shape index (κ3) is 3.70. The molecule has 2 atom stereocenters. The molecule has 31 heavy (non-hydrogen) atoms. The topological polar surface area (TPSA) is 99.1 Å². The maximum atomic E-state index is 13.1. The molecular formula is C23H22FN5O2. The van der Waals surface area contributed by atoms with Gasteiger partial charge in [-0.1, -0.05) is 0 Å². The van der Waals surface area contributed by atoms with Gasteiger partial charge in [-0.3, -0.25) is 0 Å². The van der Waals surface area contributed by atoms with Crippen molar-refractivity contribution in [2.24, 2.45) is 0 Å². The number of aromatic nitrogens is 4. The second kappa shape index (κ2) is 7.31. The summed E-state index contributed by atoms with van der Waals surface area (Å²) in [6.07, 6.45) is 3.58. The monoisotopic (exact) mass is 419 g/mol. The summed E-state index contributed by atoms with van der Waals surface area (Å²) in [4.78, 5) is 8.58. The third-order valence-corrected chi connectivity index (χ3v) is 5.73. The van der Waals surface area contributed by atoms with Gasteiger partial charge in [-0.15, -0.1) is 0 Å². The number of hydrogen-bond acceptors (Lipinski definition) is 6. The van der Waals surface area contributed by atoms with Crippen LogP contribution in [-0.2, 0) is 0 Å². The lowest BCUT2D eigenvalue weighted by Crippen LogP contribution is -2.20. The minimum absolute atomic E-state index is 0.0432. The molecule has 2 aromatic heterocycles. The molecule has 2 aromatic carbocycles. The Morgan fingerprint density at radius 3 is 2.42 bits per heavy atom. The molecule has 0 amide bonds. The molecule has 7 nitrogen and oxygen atoms in total. The molecule has 1 fully saturated rings. The molecule has 3 N–H and O–H groups in total. The average Bonchev–Trinajstić information content (AvgIpc) is 3.31. The first-order valence-corrected chi connectivity index (χ1v) is 10.1. The lowest BCUT2D eigenvalue weighted by Gasteiger charge is -2.16. The van der Waals surface area contributed by atoms with Gasteiger partial charge in [0.15, 0.2) is 5.65 Å². The Balaban J connectivity index is 1.50. The van der Waals surface area contributed by atoms with E-state index in [-0.39, 0.29) is 11.9 Å². The SMILES string of the molecule is CC1(O)CCC(n2nc(-c3ccc(Oc4ccc(F)cc4)cc3)c3c(N)ncnc32)C1. The van der Waals surface area contributed by atoms with Gasteiger partial charge in [-0.05, 0) is 74.7 Å². The van der Waals surface area contributed by atoms with Crippen molar-refractivity contribution in [1.82, 2.24) is 19.7 Å². The number of nitrogens with zero attached hydrogens (tertiary/aromatic N) is 4. The highest BCUT2D eigenvalue weighted by molar-refractivity contribution is 5.98. The minimum atomic E-state index is -0.707. The summed E-state index contributed by atoms with van der Waals surface area (Å²) < 4.78 is 20.7. The van der Waals surface area contributed by atoms with E-state index in [1.165, 1.54) is 18.5 Å². The molecule has 5 rings (SSSR count). The fourth-order valence-corrected chi connectivity index (χ4v) is 4.17. The van der Waals surface area contributed by atoms with Gasteiger partial charge in [0.2, 0.25) is 0 Å². The van der Waals surface area contributed by atoms with E-state index in [2.05, 4.69) is 9.97 Å². The Hall–Kier alpha value is -3.52. The zero-order valence-electron chi connectivity index (χ0n) is 17.0. The van der Waals surface area contributed by atoms with Crippen molar-refractivity contribution in [2.45, 2.75) is 37.8 Å². The Morgan fingerprint density at radius 1 is 1.10 bits per heavy atom. The van der Waals surface area contributed by atoms with Crippen LogP contribution in [-0.4, -0.2) is 30.5 Å². The first-order chi connectivity index (χ1) is 14.9. The summed E-state index contributed by atoms with van der Waals surface area (Å²) in [6.45, 7) is 1.85. The van der Waals surface area contributed by atoms with Crippen molar-refractivity contribution < 1.29 is 14.2 Å². The van der Waals surface area contributed by atoms with Crippen molar-refractivity contribution >= 4 is 16.9 Å². The van der Waals surface area contributed by atoms with E-state index < -0.39 is 5.60 Å². The molecule has 0 spiro atoms. The Labute approximate surface area is 178 Å². The largest absolute Gasteiger partial charge is 0.457 e. The number of nitrogens with two attached hydrogens (primary N) is 1. The fraction of sp³-hybridized carbons (Fsp3) is 0.261. The highest BCUT2D eigenvalue weighted by Gasteiger charge is 2.36. The molecular weight excluding hydrogens is 397 g/mol. The summed E-state index contributed by atoms with van der Waals surface area (Å²) in [5, 5.41) is 15.9. The van der Waals surface area contributed by atoms with Gasteiger partial charge in [0.1, 0.15) is 35.2 Å². The van der Waals surface area contributed by atoms with E-state index in [4.69, 9.17) is 15.6 Å². The molecule has 2 heterocycles. The molecule has 1 aliphatic carbocycles. The first-order valence-electron chi connectivity index (χ1n) is 10.1. The van der Waals surface area contributed by atoms with Crippen LogP contribution in [0, 0.1) is 5.82 Å². The highest BCUT2D eigenvalue weighted by Crippen LogP contribution is 2.40. The van der Waals surface area contributed by atoms with Crippen LogP contribution in [0.15, 0.2) is 54.9 Å². The van der Waals surface area contributed by atoms with Gasteiger partial charge in [-0.25, -0.2) is 19.0 Å². The number of fused-ring (bicyclic) bond motifs is 1. The van der Waals surface area contributed by atoms with Crippen LogP contribution in [0.1, 0.15) is 32.2 Å². The number of anilines is 1. The van der Waals surface area contributed by atoms with Crippen molar-refractivity contribution in [1.29, 1.82) is 0 Å². The molecule has 8 heteroatoms. The number of ether oxygens (including phenoxy) is 1. The predicted octanol–water partition coefficient (Wildman–Crippen LogP) is 4.48. The molecule has 158 valence electrons. The average molecular weight is 419 g/mol. The Bertz CT molecular complexity index is 1240. The number of halogens is 1. The van der Waals surface area contributed by atoms with Crippen LogP contribution in [0.2, 0.25) is 0 Å². The van der Waals surface area contributed by atoms with Crippen LogP contribution in [0.3, 0.4) is 0 Å². The van der Waals surface area contributed by atoms with E-state index in [9.17, 15) is 9.50 Å². The van der Waals surface area contributed by atoms with Crippen LogP contribution < -0.4 is 10.5 Å². The summed E-state index contributed by atoms with van der Waals surface area (Å²) in [6, 6.07) is 13.3. The Kier molecular flexibility index (Phi) is 4.59. The zero-order valence-corrected chi connectivity index (χ0v) is 17.0. The van der Waals surface area contributed by atoms with Gasteiger partial charge in [0.25, 0.3) is 0 Å². The Morgan fingerprint density at radius 2 is 1.77 bits per heavy atom. The van der Waals surface area contributed by atoms with Gasteiger partial charge in [-0.2, -0.15) is 5.10 Å². The zero-order chi connectivity index (χ0) is 21.6. The van der Waals surface area contributed by atoms with E-state index in [1.807, 2.05) is 35.9 Å². The van der Waals surface area contributed by atoms with E-state index >= 15 is 0 Å². The summed E-state index contributed by atoms with van der Waals surface area (Å²) in [7, 11) is 0. The van der Waals surface area contributed by atoms with Crippen molar-refractivity contribution in [3.05, 3.63) is 60.7 Å². The second-order valence-corrected chi connectivity index (χ2v) is 8.22. The van der Waals surface area contributed by atoms with Gasteiger partial charge >= 0.3 is 0 Å². The maximum Gasteiger partial charge on any atom is 0.164 e. The summed E-state index contributed by atoms with van der Waals surface area (Å²) in [5.74, 6) is 1.22. The molecule has 0 aliphatic heterocycles. The number of rotatable bonds is 4. The van der Waals surface area contributed by atoms with Crippen LogP contribution >= 0.6 is 0 Å². The summed E-state index contributed by atoms with van der Waals surface area (Å²) in [5.41, 5.74) is 7.69. The highest BCUT2D eigenvalue weighted by atomic mass is 19.1. The minimum Gasteiger partial charge on any atom is -0.457 e. The van der Waals surface area contributed by atoms with E-state index in [0.717, 1.165) is 12.0 Å². The van der Waals surface area contributed by atoms with Crippen LogP contribution in [0.4, 0.5) is 10.2 Å². The normalized spacial score (nSPS) is 20.9. The number of benzene rings is 2. The molecule has 0 bridgehead atoms. The quantitative estimate of drug-likeness (QED) is 0.506. The van der Waals surface area contributed by atoms with Crippen LogP contribution in [0.25, 0.3) is 22.3 Å². The van der Waals surface area contributed by atoms with E-state index in [0.29, 0.717) is 46.9 Å². The van der Waals surface area contributed by atoms with Gasteiger partial charge in [0, 0.05) is 5.56 Å². The van der Waals surface area contributed by atoms with E-state index in [1.54, 1.807) is 12.1 Å². The second-order valence-electron chi connectivity index (χ2n) is 8.22. The molecule has 1 saturated carbocycles. The van der Waals surface area contributed by atoms with Crippen molar-refractivity contribution in [3.63, 3.8) is 0 Å². The maximum absolute atomic E-state index is 13.1. The summed E-state index contributed by atoms with van der Waals surface area (Å²) >= 11 is 0. The molecule has 2 unspecified atom stereocenters. The van der Waals surface area contributed by atoms with Crippen molar-refractivity contribution in [3.8, 4) is 22.8 Å². The van der Waals surface area contributed by atoms with Crippen molar-refractivity contribution in [2.75, 3.05) is 5.73 Å². The molecule has 0 saturated heterocycles. The first kappa shape index (κ1) is 19.4. The smallest absolute Gasteiger partial charge is 0.164 e. The molecule has 4 aromatic rings. The number of aliphatic hydroxyl groups is 1. The number of hydrogen-bond donors (Lipinski definition) is 2. The van der Waals surface area contributed by atoms with Gasteiger partial charge < -0.3 is 15.6 Å². The molecule has 0 radical (unpaired) electrons. The third-order valence-electron chi connectivity index (χ3n) is 5.73. The standard InChI is InChI=1S/C23H22FN5O2/c1-23(30)11-10-16(12-23)29-22-19(21(25)26-13-27-22)20(28-29)14-2-6-17(7-3-14)31-18-8-4-15(24)5-9-18/h2-9,13,16,30H,10-12H2,1H3,(H2,25,26,27). The lowest BCUT2D eigenvalue weighted by atomic mass is 10.1. The number of nitrogen functional groups attached to an aromatic ring is 1. The molecule has 1 aliphatic rings. The predicted molar refractivity (Wildman–Crippen MR) is 115 cm³/mol. The fourth-order valence-electron chi connectivity index (χ4n) is 4.17. The van der Waals surface area contributed by atoms with Gasteiger partial charge in [0.05, 0.1) is 17.0 Å².